The van der Waals surface area contributed by atoms with Gasteiger partial charge in [-0.15, -0.1) is 23.5 Å². The molecule has 114 valence electrons. The molecule has 1 aliphatic heterocycles. The Bertz CT molecular complexity index is 685. The monoisotopic (exact) mass is 337 g/mol. The van der Waals surface area contributed by atoms with Crippen molar-refractivity contribution < 1.29 is 13.6 Å². The SMILES string of the molecule is O=C(Nc1ccc(F)c(F)c1)c1ccc(C2SCCS2)cc1. The number of anilines is 1. The number of hydrogen-bond acceptors (Lipinski definition) is 3. The molecule has 6 heteroatoms. The Balaban J connectivity index is 1.70. The summed E-state index contributed by atoms with van der Waals surface area (Å²) in [7, 11) is 0. The highest BCUT2D eigenvalue weighted by Gasteiger charge is 2.18. The first-order chi connectivity index (χ1) is 10.6. The quantitative estimate of drug-likeness (QED) is 0.880. The average molecular weight is 337 g/mol. The summed E-state index contributed by atoms with van der Waals surface area (Å²) in [6, 6.07) is 10.7. The van der Waals surface area contributed by atoms with E-state index in [9.17, 15) is 13.6 Å². The van der Waals surface area contributed by atoms with Crippen LogP contribution in [0.25, 0.3) is 0 Å². The molecule has 0 aromatic heterocycles. The molecule has 1 aliphatic rings. The van der Waals surface area contributed by atoms with Gasteiger partial charge in [-0.05, 0) is 29.8 Å². The number of nitrogens with one attached hydrogen (secondary N) is 1. The van der Waals surface area contributed by atoms with Crippen LogP contribution in [-0.2, 0) is 0 Å². The molecule has 0 saturated carbocycles. The predicted molar refractivity (Wildman–Crippen MR) is 88.4 cm³/mol. The lowest BCUT2D eigenvalue weighted by Crippen LogP contribution is -2.12. The van der Waals surface area contributed by atoms with Gasteiger partial charge in [0.05, 0.1) is 4.58 Å². The minimum absolute atomic E-state index is 0.231. The van der Waals surface area contributed by atoms with E-state index in [1.807, 2.05) is 35.7 Å². The third-order valence-corrected chi connectivity index (χ3v) is 6.35. The molecule has 2 aromatic rings. The molecule has 1 fully saturated rings. The molecule has 22 heavy (non-hydrogen) atoms. The molecule has 0 atom stereocenters. The largest absolute Gasteiger partial charge is 0.322 e. The van der Waals surface area contributed by atoms with E-state index < -0.39 is 11.6 Å². The lowest BCUT2D eigenvalue weighted by Gasteiger charge is -2.10. The van der Waals surface area contributed by atoms with Crippen LogP contribution < -0.4 is 5.32 Å². The Morgan fingerprint density at radius 1 is 1.00 bits per heavy atom. The molecule has 2 nitrogen and oxygen atoms in total. The van der Waals surface area contributed by atoms with Crippen molar-refractivity contribution in [2.75, 3.05) is 16.8 Å². The molecule has 0 radical (unpaired) electrons. The molecule has 0 spiro atoms. The van der Waals surface area contributed by atoms with Gasteiger partial charge in [0, 0.05) is 28.8 Å². The number of thioether (sulfide) groups is 2. The van der Waals surface area contributed by atoms with Crippen LogP contribution in [0, 0.1) is 11.6 Å². The van der Waals surface area contributed by atoms with E-state index in [1.165, 1.54) is 11.6 Å². The summed E-state index contributed by atoms with van der Waals surface area (Å²) in [5.74, 6) is 0.0307. The van der Waals surface area contributed by atoms with Crippen LogP contribution in [-0.4, -0.2) is 17.4 Å². The zero-order valence-corrected chi connectivity index (χ0v) is 13.1. The van der Waals surface area contributed by atoms with Gasteiger partial charge in [-0.25, -0.2) is 8.78 Å². The minimum atomic E-state index is -0.983. The van der Waals surface area contributed by atoms with E-state index in [-0.39, 0.29) is 11.6 Å². The number of hydrogen-bond donors (Lipinski definition) is 1. The second-order valence-corrected chi connectivity index (χ2v) is 7.50. The topological polar surface area (TPSA) is 29.1 Å². The maximum absolute atomic E-state index is 13.1. The molecule has 0 aliphatic carbocycles. The summed E-state index contributed by atoms with van der Waals surface area (Å²) < 4.78 is 26.4. The van der Waals surface area contributed by atoms with Crippen molar-refractivity contribution in [1.82, 2.24) is 0 Å². The standard InChI is InChI=1S/C16H13F2NOS2/c17-13-6-5-12(9-14(13)18)19-15(20)10-1-3-11(4-2-10)16-21-7-8-22-16/h1-6,9,16H,7-8H2,(H,19,20). The first-order valence-electron chi connectivity index (χ1n) is 6.73. The van der Waals surface area contributed by atoms with Crippen LogP contribution in [0.1, 0.15) is 20.5 Å². The summed E-state index contributed by atoms with van der Waals surface area (Å²) in [6.07, 6.45) is 0. The van der Waals surface area contributed by atoms with Crippen molar-refractivity contribution in [2.45, 2.75) is 4.58 Å². The number of carbonyl (C=O) groups is 1. The minimum Gasteiger partial charge on any atom is -0.322 e. The van der Waals surface area contributed by atoms with Gasteiger partial charge in [0.1, 0.15) is 0 Å². The first kappa shape index (κ1) is 15.4. The van der Waals surface area contributed by atoms with Gasteiger partial charge in [0.15, 0.2) is 11.6 Å². The van der Waals surface area contributed by atoms with E-state index in [0.29, 0.717) is 10.1 Å². The zero-order valence-electron chi connectivity index (χ0n) is 11.5. The first-order valence-corrected chi connectivity index (χ1v) is 8.83. The molecular formula is C16H13F2NOS2. The second-order valence-electron chi connectivity index (χ2n) is 4.78. The predicted octanol–water partition coefficient (Wildman–Crippen LogP) is 4.70. The highest BCUT2D eigenvalue weighted by atomic mass is 32.2. The van der Waals surface area contributed by atoms with Crippen LogP contribution in [0.2, 0.25) is 0 Å². The Kier molecular flexibility index (Phi) is 4.69. The fourth-order valence-corrected chi connectivity index (χ4v) is 4.98. The van der Waals surface area contributed by atoms with Crippen LogP contribution in [0.3, 0.4) is 0 Å². The highest BCUT2D eigenvalue weighted by molar-refractivity contribution is 8.19. The number of benzene rings is 2. The third-order valence-electron chi connectivity index (χ3n) is 3.24. The lowest BCUT2D eigenvalue weighted by molar-refractivity contribution is 0.102. The summed E-state index contributed by atoms with van der Waals surface area (Å²) in [5, 5.41) is 2.56. The fraction of sp³-hybridized carbons (Fsp3) is 0.188. The summed E-state index contributed by atoms with van der Waals surface area (Å²) in [5.41, 5.74) is 1.91. The molecule has 3 rings (SSSR count). The third kappa shape index (κ3) is 3.44. The van der Waals surface area contributed by atoms with Gasteiger partial charge in [0.25, 0.3) is 5.91 Å². The summed E-state index contributed by atoms with van der Waals surface area (Å²) >= 11 is 3.80. The van der Waals surface area contributed by atoms with Crippen LogP contribution >= 0.6 is 23.5 Å². The Morgan fingerprint density at radius 3 is 2.32 bits per heavy atom. The van der Waals surface area contributed by atoms with Crippen molar-refractivity contribution in [3.8, 4) is 0 Å². The molecule has 1 heterocycles. The van der Waals surface area contributed by atoms with Crippen LogP contribution in [0.15, 0.2) is 42.5 Å². The number of halogens is 2. The van der Waals surface area contributed by atoms with Crippen molar-refractivity contribution >= 4 is 35.1 Å². The van der Waals surface area contributed by atoms with Gasteiger partial charge in [-0.2, -0.15) is 0 Å². The molecule has 1 amide bonds. The summed E-state index contributed by atoms with van der Waals surface area (Å²) in [6.45, 7) is 0. The van der Waals surface area contributed by atoms with Gasteiger partial charge in [-0.3, -0.25) is 4.79 Å². The average Bonchev–Trinajstić information content (AvgIpc) is 3.05. The highest BCUT2D eigenvalue weighted by Crippen LogP contribution is 2.45. The van der Waals surface area contributed by atoms with E-state index in [1.54, 1.807) is 12.1 Å². The van der Waals surface area contributed by atoms with Crippen molar-refractivity contribution in [1.29, 1.82) is 0 Å². The maximum Gasteiger partial charge on any atom is 0.255 e. The second kappa shape index (κ2) is 6.71. The van der Waals surface area contributed by atoms with Crippen molar-refractivity contribution in [2.24, 2.45) is 0 Å². The summed E-state index contributed by atoms with van der Waals surface area (Å²) in [4.78, 5) is 12.1. The van der Waals surface area contributed by atoms with E-state index in [4.69, 9.17) is 0 Å². The number of rotatable bonds is 3. The zero-order chi connectivity index (χ0) is 15.5. The van der Waals surface area contributed by atoms with Gasteiger partial charge < -0.3 is 5.32 Å². The normalized spacial score (nSPS) is 15.0. The van der Waals surface area contributed by atoms with Crippen molar-refractivity contribution in [3.63, 3.8) is 0 Å². The van der Waals surface area contributed by atoms with Crippen molar-refractivity contribution in [3.05, 3.63) is 65.2 Å². The Hall–Kier alpha value is -1.53. The van der Waals surface area contributed by atoms with E-state index >= 15 is 0 Å². The number of amides is 1. The molecule has 0 unspecified atom stereocenters. The maximum atomic E-state index is 13.1. The van der Waals surface area contributed by atoms with Gasteiger partial charge in [0.2, 0.25) is 0 Å². The molecule has 1 N–H and O–H groups in total. The Labute approximate surface area is 135 Å². The molecule has 0 bridgehead atoms. The van der Waals surface area contributed by atoms with E-state index in [0.717, 1.165) is 23.6 Å². The fourth-order valence-electron chi connectivity index (χ4n) is 2.12. The lowest BCUT2D eigenvalue weighted by atomic mass is 10.1. The van der Waals surface area contributed by atoms with Gasteiger partial charge >= 0.3 is 0 Å². The number of carbonyl (C=O) groups excluding carboxylic acids is 1. The molecule has 1 saturated heterocycles. The Morgan fingerprint density at radius 2 is 1.68 bits per heavy atom. The molecule has 2 aromatic carbocycles. The van der Waals surface area contributed by atoms with E-state index in [2.05, 4.69) is 5.32 Å². The van der Waals surface area contributed by atoms with Crippen LogP contribution in [0.4, 0.5) is 14.5 Å². The molecular weight excluding hydrogens is 324 g/mol. The van der Waals surface area contributed by atoms with Gasteiger partial charge in [-0.1, -0.05) is 12.1 Å². The van der Waals surface area contributed by atoms with Crippen LogP contribution in [0.5, 0.6) is 0 Å². The smallest absolute Gasteiger partial charge is 0.255 e.